The van der Waals surface area contributed by atoms with Crippen LogP contribution in [0.4, 0.5) is 5.69 Å². The van der Waals surface area contributed by atoms with E-state index in [0.717, 1.165) is 40.6 Å². The van der Waals surface area contributed by atoms with E-state index in [4.69, 9.17) is 14.2 Å². The van der Waals surface area contributed by atoms with Crippen molar-refractivity contribution in [2.45, 2.75) is 57.6 Å². The van der Waals surface area contributed by atoms with E-state index in [1.54, 1.807) is 32.9 Å². The predicted octanol–water partition coefficient (Wildman–Crippen LogP) is 3.78. The summed E-state index contributed by atoms with van der Waals surface area (Å²) in [5.41, 5.74) is 4.41. The number of fused-ring (bicyclic) bond motifs is 6. The van der Waals surface area contributed by atoms with Crippen LogP contribution in [0.3, 0.4) is 0 Å². The smallest absolute Gasteiger partial charge is 0.355 e. The van der Waals surface area contributed by atoms with Crippen LogP contribution in [0.2, 0.25) is 0 Å². The zero-order valence-electron chi connectivity index (χ0n) is 25.6. The quantitative estimate of drug-likeness (QED) is 0.159. The second-order valence-electron chi connectivity index (χ2n) is 12.3. The number of nitrogens with zero attached hydrogens (tertiary/aromatic N) is 2. The van der Waals surface area contributed by atoms with E-state index in [1.165, 1.54) is 35.7 Å². The van der Waals surface area contributed by atoms with E-state index < -0.39 is 45.7 Å². The number of nitrogens with one attached hydrogen (secondary N) is 2. The van der Waals surface area contributed by atoms with E-state index in [9.17, 15) is 29.3 Å². The van der Waals surface area contributed by atoms with Crippen LogP contribution in [0.25, 0.3) is 22.2 Å². The minimum Gasteiger partial charge on any atom is -0.484 e. The molecule has 1 aliphatic carbocycles. The Kier molecular flexibility index (Phi) is 8.00. The number of rotatable bonds is 8. The summed E-state index contributed by atoms with van der Waals surface area (Å²) in [5.74, 6) is -1.39. The highest BCUT2D eigenvalue weighted by atomic mass is 32.2. The fourth-order valence-electron chi connectivity index (χ4n) is 5.88. The molecule has 3 aromatic rings. The van der Waals surface area contributed by atoms with Crippen LogP contribution >= 0.6 is 11.8 Å². The first kappa shape index (κ1) is 31.1. The first-order chi connectivity index (χ1) is 21.8. The Labute approximate surface area is 267 Å². The Bertz CT molecular complexity index is 1840. The molecule has 3 aliphatic rings. The van der Waals surface area contributed by atoms with E-state index >= 15 is 0 Å². The summed E-state index contributed by atoms with van der Waals surface area (Å²) in [5, 5.41) is 14.4. The first-order valence-corrected chi connectivity index (χ1v) is 15.7. The number of carbonyl (C=O) groups excluding carboxylic acids is 4. The Morgan fingerprint density at radius 1 is 1.15 bits per heavy atom. The largest absolute Gasteiger partial charge is 0.484 e. The molecule has 2 aromatic carbocycles. The lowest BCUT2D eigenvalue weighted by Crippen LogP contribution is -2.71. The normalized spacial score (nSPS) is 18.6. The molecule has 14 heteroatoms. The van der Waals surface area contributed by atoms with Crippen LogP contribution in [0, 0.1) is 10.1 Å². The van der Waals surface area contributed by atoms with E-state index in [1.807, 2.05) is 12.1 Å². The van der Waals surface area contributed by atoms with Crippen molar-refractivity contribution in [3.05, 3.63) is 68.9 Å². The minimum atomic E-state index is -0.867. The predicted molar refractivity (Wildman–Crippen MR) is 168 cm³/mol. The molecular formula is C32H32N4O9S. The zero-order valence-corrected chi connectivity index (χ0v) is 26.4. The third kappa shape index (κ3) is 5.91. The van der Waals surface area contributed by atoms with Crippen LogP contribution in [-0.2, 0) is 41.5 Å². The van der Waals surface area contributed by atoms with Gasteiger partial charge >= 0.3 is 11.9 Å². The number of thioether (sulfide) groups is 1. The van der Waals surface area contributed by atoms with Gasteiger partial charge in [0.05, 0.1) is 10.4 Å². The fraction of sp³-hybridized carbons (Fsp3) is 0.375. The highest BCUT2D eigenvalue weighted by Gasteiger charge is 2.54. The molecule has 0 radical (unpaired) electrons. The van der Waals surface area contributed by atoms with Crippen LogP contribution in [0.15, 0.2) is 47.7 Å². The summed E-state index contributed by atoms with van der Waals surface area (Å²) in [6.45, 7) is 5.92. The molecule has 2 unspecified atom stereocenters. The number of amides is 2. The number of esters is 2. The van der Waals surface area contributed by atoms with Crippen molar-refractivity contribution in [2.24, 2.45) is 0 Å². The Morgan fingerprint density at radius 2 is 1.93 bits per heavy atom. The number of carbonyl (C=O) groups is 4. The molecule has 240 valence electrons. The van der Waals surface area contributed by atoms with Gasteiger partial charge in [-0.1, -0.05) is 0 Å². The second kappa shape index (κ2) is 11.8. The van der Waals surface area contributed by atoms with Gasteiger partial charge in [0.1, 0.15) is 35.1 Å². The van der Waals surface area contributed by atoms with E-state index in [2.05, 4.69) is 10.3 Å². The van der Waals surface area contributed by atoms with Gasteiger partial charge < -0.3 is 24.5 Å². The molecule has 0 saturated carbocycles. The zero-order chi connectivity index (χ0) is 32.9. The molecular weight excluding hydrogens is 616 g/mol. The first-order valence-electron chi connectivity index (χ1n) is 14.7. The Balaban J connectivity index is 1.11. The number of nitro groups is 1. The average molecular weight is 649 g/mol. The molecule has 1 saturated heterocycles. The van der Waals surface area contributed by atoms with Gasteiger partial charge in [0.15, 0.2) is 6.61 Å². The number of aromatic amines is 1. The highest BCUT2D eigenvalue weighted by molar-refractivity contribution is 8.00. The molecule has 2 aliphatic heterocycles. The lowest BCUT2D eigenvalue weighted by molar-refractivity contribution is -0.384. The minimum absolute atomic E-state index is 0.0238. The van der Waals surface area contributed by atoms with Crippen LogP contribution < -0.4 is 10.1 Å². The summed E-state index contributed by atoms with van der Waals surface area (Å²) < 4.78 is 16.4. The molecule has 13 nitrogen and oxygen atoms in total. The van der Waals surface area contributed by atoms with Crippen LogP contribution in [-0.4, -0.2) is 74.5 Å². The molecule has 3 heterocycles. The van der Waals surface area contributed by atoms with Gasteiger partial charge in [-0.25, -0.2) is 4.79 Å². The maximum absolute atomic E-state index is 13.2. The number of benzene rings is 2. The molecule has 0 bridgehead atoms. The van der Waals surface area contributed by atoms with Gasteiger partial charge in [-0.15, -0.1) is 11.8 Å². The van der Waals surface area contributed by atoms with Crippen LogP contribution in [0.1, 0.15) is 38.8 Å². The average Bonchev–Trinajstić information content (AvgIpc) is 3.38. The van der Waals surface area contributed by atoms with Gasteiger partial charge in [-0.2, -0.15) is 0 Å². The second-order valence-corrected chi connectivity index (χ2v) is 13.4. The molecule has 6 rings (SSSR count). The molecule has 2 atom stereocenters. The van der Waals surface area contributed by atoms with E-state index in [-0.39, 0.29) is 24.6 Å². The van der Waals surface area contributed by atoms with Crippen LogP contribution in [0.5, 0.6) is 5.75 Å². The standard InChI is InChI=1S/C32H32N4O9S/c1-16(37)43-13-18-15-46-30-27(29(39)35(30)28(18)31(40)45-32(2,3)4)34-25(38)14-44-20-7-10-21-17(11-20)5-8-23-22-9-6-19(36(41)42)12-24(22)33-26(21)23/h6-7,9-12,27,30,33H,5,8,13-15H2,1-4H3,(H,34,38). The number of hydrogen-bond acceptors (Lipinski definition) is 10. The fourth-order valence-corrected chi connectivity index (χ4v) is 7.21. The third-order valence-corrected chi connectivity index (χ3v) is 9.21. The number of nitro benzene ring substituents is 1. The van der Waals surface area contributed by atoms with Crippen molar-refractivity contribution in [3.8, 4) is 17.0 Å². The number of aromatic nitrogens is 1. The van der Waals surface area contributed by atoms with Crippen molar-refractivity contribution in [2.75, 3.05) is 19.0 Å². The maximum Gasteiger partial charge on any atom is 0.355 e. The topological polar surface area (TPSA) is 170 Å². The number of non-ortho nitro benzene ring substituents is 1. The van der Waals surface area contributed by atoms with Crippen molar-refractivity contribution in [1.82, 2.24) is 15.2 Å². The molecule has 0 spiro atoms. The number of aryl methyl sites for hydroxylation is 2. The highest BCUT2D eigenvalue weighted by Crippen LogP contribution is 2.42. The summed E-state index contributed by atoms with van der Waals surface area (Å²) in [6, 6.07) is 9.48. The molecule has 1 aromatic heterocycles. The summed E-state index contributed by atoms with van der Waals surface area (Å²) >= 11 is 1.35. The number of H-pyrrole nitrogens is 1. The molecule has 46 heavy (non-hydrogen) atoms. The monoisotopic (exact) mass is 648 g/mol. The van der Waals surface area contributed by atoms with Gasteiger partial charge in [-0.3, -0.25) is 29.4 Å². The Hall–Kier alpha value is -4.85. The van der Waals surface area contributed by atoms with Crippen molar-refractivity contribution in [1.29, 1.82) is 0 Å². The SMILES string of the molecule is CC(=O)OCC1=C(C(=O)OC(C)(C)C)N2C(=O)C(NC(=O)COc3ccc4c(c3)CCc3c-4[nH]c4cc([N+](=O)[O-])ccc34)C2SC1. The van der Waals surface area contributed by atoms with Gasteiger partial charge in [0.25, 0.3) is 17.5 Å². The van der Waals surface area contributed by atoms with Crippen molar-refractivity contribution >= 4 is 52.1 Å². The third-order valence-electron chi connectivity index (χ3n) is 7.87. The van der Waals surface area contributed by atoms with Gasteiger partial charge in [0.2, 0.25) is 0 Å². The van der Waals surface area contributed by atoms with E-state index in [0.29, 0.717) is 22.6 Å². The van der Waals surface area contributed by atoms with Gasteiger partial charge in [0, 0.05) is 47.0 Å². The molecule has 2 N–H and O–H groups in total. The summed E-state index contributed by atoms with van der Waals surface area (Å²) in [6.07, 6.45) is 1.47. The molecule has 1 fully saturated rings. The number of ether oxygens (including phenoxy) is 3. The van der Waals surface area contributed by atoms with Crippen molar-refractivity contribution < 1.29 is 38.3 Å². The summed E-state index contributed by atoms with van der Waals surface area (Å²) in [7, 11) is 0. The number of β-lactam (4-membered cyclic amide) rings is 1. The maximum atomic E-state index is 13.2. The number of hydrogen-bond donors (Lipinski definition) is 2. The van der Waals surface area contributed by atoms with Gasteiger partial charge in [-0.05, 0) is 69.0 Å². The summed E-state index contributed by atoms with van der Waals surface area (Å²) in [4.78, 5) is 66.0. The lowest BCUT2D eigenvalue weighted by atomic mass is 9.89. The molecule has 2 amide bonds. The lowest BCUT2D eigenvalue weighted by Gasteiger charge is -2.49. The Morgan fingerprint density at radius 3 is 2.65 bits per heavy atom. The van der Waals surface area contributed by atoms with Crippen molar-refractivity contribution in [3.63, 3.8) is 0 Å².